The van der Waals surface area contributed by atoms with Crippen molar-refractivity contribution in [3.63, 3.8) is 0 Å². The standard InChI is InChI=1S/C14H8BrF2N/c15-13-5-3-11(16)7-9(13)1-2-10-8-12(17)4-6-14(10)18/h3-8H,18H2. The monoisotopic (exact) mass is 307 g/mol. The predicted octanol–water partition coefficient (Wildman–Crippen LogP) is 3.71. The summed E-state index contributed by atoms with van der Waals surface area (Å²) in [7, 11) is 0. The van der Waals surface area contributed by atoms with E-state index in [1.54, 1.807) is 6.07 Å². The molecule has 0 unspecified atom stereocenters. The summed E-state index contributed by atoms with van der Waals surface area (Å²) in [5, 5.41) is 0. The Morgan fingerprint density at radius 3 is 2.17 bits per heavy atom. The minimum Gasteiger partial charge on any atom is -0.398 e. The first kappa shape index (κ1) is 12.6. The second-order valence-electron chi connectivity index (χ2n) is 3.61. The van der Waals surface area contributed by atoms with E-state index in [1.807, 2.05) is 0 Å². The van der Waals surface area contributed by atoms with Crippen LogP contribution >= 0.6 is 15.9 Å². The highest BCUT2D eigenvalue weighted by atomic mass is 79.9. The highest BCUT2D eigenvalue weighted by Crippen LogP contribution is 2.17. The number of benzene rings is 2. The first-order valence-electron chi connectivity index (χ1n) is 5.08. The van der Waals surface area contributed by atoms with Crippen LogP contribution in [0.25, 0.3) is 0 Å². The Bertz CT molecular complexity index is 601. The normalized spacial score (nSPS) is 9.72. The second-order valence-corrected chi connectivity index (χ2v) is 4.46. The van der Waals surface area contributed by atoms with Gasteiger partial charge in [0.05, 0.1) is 5.56 Å². The third-order valence-electron chi connectivity index (χ3n) is 2.28. The summed E-state index contributed by atoms with van der Waals surface area (Å²) in [6.45, 7) is 0. The number of rotatable bonds is 0. The molecule has 0 saturated heterocycles. The summed E-state index contributed by atoms with van der Waals surface area (Å²) in [5.74, 6) is 4.69. The molecular weight excluding hydrogens is 300 g/mol. The molecule has 0 aromatic heterocycles. The van der Waals surface area contributed by atoms with Gasteiger partial charge in [0.15, 0.2) is 0 Å². The molecule has 0 radical (unpaired) electrons. The Morgan fingerprint density at radius 2 is 1.44 bits per heavy atom. The third-order valence-corrected chi connectivity index (χ3v) is 2.97. The summed E-state index contributed by atoms with van der Waals surface area (Å²) >= 11 is 3.26. The van der Waals surface area contributed by atoms with Crippen molar-refractivity contribution in [1.82, 2.24) is 0 Å². The lowest BCUT2D eigenvalue weighted by Gasteiger charge is -1.98. The van der Waals surface area contributed by atoms with Gasteiger partial charge in [0.2, 0.25) is 0 Å². The van der Waals surface area contributed by atoms with Gasteiger partial charge in [-0.05, 0) is 52.3 Å². The van der Waals surface area contributed by atoms with Crippen molar-refractivity contribution in [3.8, 4) is 11.8 Å². The number of halogens is 3. The summed E-state index contributed by atoms with van der Waals surface area (Å²) < 4.78 is 26.7. The molecule has 90 valence electrons. The molecule has 0 fully saturated rings. The zero-order valence-corrected chi connectivity index (χ0v) is 10.8. The zero-order valence-electron chi connectivity index (χ0n) is 9.18. The summed E-state index contributed by atoms with van der Waals surface area (Å²) in [4.78, 5) is 0. The van der Waals surface area contributed by atoms with E-state index in [-0.39, 0.29) is 5.82 Å². The van der Waals surface area contributed by atoms with Crippen molar-refractivity contribution in [1.29, 1.82) is 0 Å². The Labute approximate surface area is 112 Å². The van der Waals surface area contributed by atoms with Crippen molar-refractivity contribution < 1.29 is 8.78 Å². The van der Waals surface area contributed by atoms with Crippen LogP contribution in [0.4, 0.5) is 14.5 Å². The predicted molar refractivity (Wildman–Crippen MR) is 70.9 cm³/mol. The van der Waals surface area contributed by atoms with E-state index < -0.39 is 5.82 Å². The van der Waals surface area contributed by atoms with Crippen molar-refractivity contribution in [2.45, 2.75) is 0 Å². The zero-order chi connectivity index (χ0) is 13.1. The van der Waals surface area contributed by atoms with Crippen LogP contribution in [0.3, 0.4) is 0 Å². The lowest BCUT2D eigenvalue weighted by molar-refractivity contribution is 0.626. The van der Waals surface area contributed by atoms with E-state index in [9.17, 15) is 8.78 Å². The number of nitrogens with two attached hydrogens (primary N) is 1. The Kier molecular flexibility index (Phi) is 3.63. The van der Waals surface area contributed by atoms with Crippen molar-refractivity contribution >= 4 is 21.6 Å². The number of nitrogen functional groups attached to an aromatic ring is 1. The van der Waals surface area contributed by atoms with E-state index in [0.717, 1.165) is 0 Å². The molecule has 0 aliphatic rings. The molecule has 0 atom stereocenters. The second kappa shape index (κ2) is 5.19. The Morgan fingerprint density at radius 1 is 0.889 bits per heavy atom. The van der Waals surface area contributed by atoms with Gasteiger partial charge in [-0.15, -0.1) is 0 Å². The van der Waals surface area contributed by atoms with Crippen LogP contribution < -0.4 is 5.73 Å². The van der Waals surface area contributed by atoms with Crippen molar-refractivity contribution in [2.75, 3.05) is 5.73 Å². The lowest BCUT2D eigenvalue weighted by Crippen LogP contribution is -1.91. The molecule has 2 aromatic carbocycles. The van der Waals surface area contributed by atoms with Crippen LogP contribution in [0.15, 0.2) is 40.9 Å². The van der Waals surface area contributed by atoms with Gasteiger partial charge >= 0.3 is 0 Å². The number of hydrogen-bond acceptors (Lipinski definition) is 1. The lowest BCUT2D eigenvalue weighted by atomic mass is 10.1. The van der Waals surface area contributed by atoms with Crippen molar-refractivity contribution in [2.24, 2.45) is 0 Å². The van der Waals surface area contributed by atoms with Gasteiger partial charge in [-0.2, -0.15) is 0 Å². The molecule has 2 N–H and O–H groups in total. The maximum Gasteiger partial charge on any atom is 0.124 e. The van der Waals surface area contributed by atoms with E-state index in [4.69, 9.17) is 5.73 Å². The van der Waals surface area contributed by atoms with E-state index in [1.165, 1.54) is 30.3 Å². The summed E-state index contributed by atoms with van der Waals surface area (Å²) in [6, 6.07) is 8.14. The van der Waals surface area contributed by atoms with Crippen LogP contribution in [0, 0.1) is 23.5 Å². The molecule has 0 heterocycles. The first-order chi connectivity index (χ1) is 8.56. The molecule has 18 heavy (non-hydrogen) atoms. The van der Waals surface area contributed by atoms with E-state index in [2.05, 4.69) is 27.8 Å². The molecular formula is C14H8BrF2N. The SMILES string of the molecule is Nc1ccc(F)cc1C#Cc1cc(F)ccc1Br. The molecule has 0 spiro atoms. The van der Waals surface area contributed by atoms with Gasteiger partial charge in [0, 0.05) is 15.7 Å². The van der Waals surface area contributed by atoms with Crippen LogP contribution in [0.5, 0.6) is 0 Å². The average Bonchev–Trinajstić information content (AvgIpc) is 2.34. The quantitative estimate of drug-likeness (QED) is 0.583. The highest BCUT2D eigenvalue weighted by Gasteiger charge is 2.00. The van der Waals surface area contributed by atoms with Gasteiger partial charge in [-0.1, -0.05) is 11.8 Å². The van der Waals surface area contributed by atoms with Crippen LogP contribution in [-0.4, -0.2) is 0 Å². The molecule has 2 aromatic rings. The molecule has 0 aliphatic carbocycles. The van der Waals surface area contributed by atoms with Gasteiger partial charge < -0.3 is 5.73 Å². The smallest absolute Gasteiger partial charge is 0.124 e. The molecule has 0 bridgehead atoms. The molecule has 0 amide bonds. The molecule has 1 nitrogen and oxygen atoms in total. The largest absolute Gasteiger partial charge is 0.398 e. The van der Waals surface area contributed by atoms with Gasteiger partial charge in [0.1, 0.15) is 11.6 Å². The first-order valence-corrected chi connectivity index (χ1v) is 5.87. The molecule has 0 aliphatic heterocycles. The minimum atomic E-state index is -0.410. The fraction of sp³-hybridized carbons (Fsp3) is 0. The maximum absolute atomic E-state index is 13.0. The van der Waals surface area contributed by atoms with Gasteiger partial charge in [0.25, 0.3) is 0 Å². The van der Waals surface area contributed by atoms with Gasteiger partial charge in [-0.25, -0.2) is 8.78 Å². The molecule has 0 saturated carbocycles. The maximum atomic E-state index is 13.0. The molecule has 4 heteroatoms. The van der Waals surface area contributed by atoms with Crippen LogP contribution in [-0.2, 0) is 0 Å². The summed E-state index contributed by atoms with van der Waals surface area (Å²) in [6.07, 6.45) is 0. The Balaban J connectivity index is 2.42. The van der Waals surface area contributed by atoms with E-state index >= 15 is 0 Å². The van der Waals surface area contributed by atoms with Gasteiger partial charge in [-0.3, -0.25) is 0 Å². The third kappa shape index (κ3) is 2.88. The fourth-order valence-corrected chi connectivity index (χ4v) is 1.71. The number of hydrogen-bond donors (Lipinski definition) is 1. The topological polar surface area (TPSA) is 26.0 Å². The summed E-state index contributed by atoms with van der Waals surface area (Å²) in [5.41, 5.74) is 6.92. The van der Waals surface area contributed by atoms with Crippen LogP contribution in [0.2, 0.25) is 0 Å². The van der Waals surface area contributed by atoms with Crippen molar-refractivity contribution in [3.05, 3.63) is 63.6 Å². The van der Waals surface area contributed by atoms with E-state index in [0.29, 0.717) is 21.3 Å². The average molecular weight is 308 g/mol. The minimum absolute atomic E-state index is 0.380. The molecule has 2 rings (SSSR count). The Hall–Kier alpha value is -1.86. The number of anilines is 1. The van der Waals surface area contributed by atoms with Crippen LogP contribution in [0.1, 0.15) is 11.1 Å². The highest BCUT2D eigenvalue weighted by molar-refractivity contribution is 9.10. The fourth-order valence-electron chi connectivity index (χ4n) is 1.36.